The van der Waals surface area contributed by atoms with Crippen molar-refractivity contribution in [3.63, 3.8) is 0 Å². The van der Waals surface area contributed by atoms with Crippen molar-refractivity contribution in [1.29, 1.82) is 0 Å². The SMILES string of the molecule is Cc1ncsc1CCn1c(C)nc(Cl)cc1=O. The van der Waals surface area contributed by atoms with Crippen LogP contribution in [0.5, 0.6) is 0 Å². The lowest BCUT2D eigenvalue weighted by atomic mass is 10.3. The summed E-state index contributed by atoms with van der Waals surface area (Å²) in [6.45, 7) is 4.37. The van der Waals surface area contributed by atoms with Crippen LogP contribution >= 0.6 is 22.9 Å². The first-order valence-electron chi connectivity index (χ1n) is 5.21. The zero-order chi connectivity index (χ0) is 12.4. The van der Waals surface area contributed by atoms with Crippen molar-refractivity contribution < 1.29 is 0 Å². The minimum Gasteiger partial charge on any atom is -0.296 e. The molecule has 0 spiro atoms. The van der Waals surface area contributed by atoms with Gasteiger partial charge in [-0.2, -0.15) is 0 Å². The molecule has 2 aromatic heterocycles. The topological polar surface area (TPSA) is 47.8 Å². The van der Waals surface area contributed by atoms with Crippen LogP contribution in [-0.4, -0.2) is 14.5 Å². The number of halogens is 1. The third-order valence-electron chi connectivity index (χ3n) is 2.58. The molecule has 0 aliphatic rings. The number of hydrogen-bond acceptors (Lipinski definition) is 4. The van der Waals surface area contributed by atoms with Crippen molar-refractivity contribution in [1.82, 2.24) is 14.5 Å². The molecule has 0 amide bonds. The summed E-state index contributed by atoms with van der Waals surface area (Å²) in [5.74, 6) is 0.643. The zero-order valence-corrected chi connectivity index (χ0v) is 11.2. The third kappa shape index (κ3) is 2.73. The van der Waals surface area contributed by atoms with Crippen LogP contribution in [-0.2, 0) is 13.0 Å². The highest BCUT2D eigenvalue weighted by molar-refractivity contribution is 7.09. The normalized spacial score (nSPS) is 10.8. The molecular formula is C11H12ClN3OS. The lowest BCUT2D eigenvalue weighted by molar-refractivity contribution is 0.632. The standard InChI is InChI=1S/C11H12ClN3OS/c1-7-9(17-6-13-7)3-4-15-8(2)14-10(12)5-11(15)16/h5-6H,3-4H2,1-2H3. The predicted octanol–water partition coefficient (Wildman–Crippen LogP) is 2.21. The molecular weight excluding hydrogens is 258 g/mol. The van der Waals surface area contributed by atoms with Gasteiger partial charge in [0.25, 0.3) is 5.56 Å². The van der Waals surface area contributed by atoms with Gasteiger partial charge in [-0.1, -0.05) is 11.6 Å². The fraction of sp³-hybridized carbons (Fsp3) is 0.364. The van der Waals surface area contributed by atoms with E-state index in [4.69, 9.17) is 11.6 Å². The Hall–Kier alpha value is -1.20. The molecule has 0 unspecified atom stereocenters. The molecule has 0 aliphatic carbocycles. The molecule has 2 heterocycles. The van der Waals surface area contributed by atoms with Crippen LogP contribution in [0.15, 0.2) is 16.4 Å². The quantitative estimate of drug-likeness (QED) is 0.803. The van der Waals surface area contributed by atoms with Gasteiger partial charge in [0, 0.05) is 23.9 Å². The van der Waals surface area contributed by atoms with E-state index in [1.165, 1.54) is 10.9 Å². The van der Waals surface area contributed by atoms with Gasteiger partial charge in [-0.3, -0.25) is 9.36 Å². The van der Waals surface area contributed by atoms with Crippen molar-refractivity contribution in [2.75, 3.05) is 0 Å². The van der Waals surface area contributed by atoms with Gasteiger partial charge in [0.05, 0.1) is 11.2 Å². The molecule has 0 atom stereocenters. The summed E-state index contributed by atoms with van der Waals surface area (Å²) in [5.41, 5.74) is 2.74. The minimum absolute atomic E-state index is 0.107. The fourth-order valence-corrected chi connectivity index (χ4v) is 2.62. The molecule has 0 saturated heterocycles. The highest BCUT2D eigenvalue weighted by atomic mass is 35.5. The van der Waals surface area contributed by atoms with Crippen LogP contribution in [0, 0.1) is 13.8 Å². The first-order chi connectivity index (χ1) is 8.08. The predicted molar refractivity (Wildman–Crippen MR) is 68.8 cm³/mol. The minimum atomic E-state index is -0.107. The van der Waals surface area contributed by atoms with E-state index in [1.807, 2.05) is 12.4 Å². The molecule has 2 aromatic rings. The van der Waals surface area contributed by atoms with Gasteiger partial charge in [0.1, 0.15) is 11.0 Å². The van der Waals surface area contributed by atoms with Gasteiger partial charge in [-0.15, -0.1) is 11.3 Å². The Morgan fingerprint density at radius 1 is 1.47 bits per heavy atom. The molecule has 0 aromatic carbocycles. The third-order valence-corrected chi connectivity index (χ3v) is 3.76. The van der Waals surface area contributed by atoms with Crippen LogP contribution in [0.4, 0.5) is 0 Å². The molecule has 0 aliphatic heterocycles. The van der Waals surface area contributed by atoms with E-state index in [0.29, 0.717) is 12.4 Å². The Morgan fingerprint density at radius 3 is 2.82 bits per heavy atom. The summed E-state index contributed by atoms with van der Waals surface area (Å²) < 4.78 is 1.63. The second-order valence-electron chi connectivity index (χ2n) is 3.73. The van der Waals surface area contributed by atoms with Crippen molar-refractivity contribution in [2.24, 2.45) is 0 Å². The number of hydrogen-bond donors (Lipinski definition) is 0. The molecule has 6 heteroatoms. The summed E-state index contributed by atoms with van der Waals surface area (Å²) in [4.78, 5) is 21.2. The summed E-state index contributed by atoms with van der Waals surface area (Å²) in [5, 5.41) is 0.248. The summed E-state index contributed by atoms with van der Waals surface area (Å²) in [6, 6.07) is 1.34. The average molecular weight is 270 g/mol. The number of rotatable bonds is 3. The van der Waals surface area contributed by atoms with Crippen molar-refractivity contribution in [2.45, 2.75) is 26.8 Å². The van der Waals surface area contributed by atoms with Gasteiger partial charge < -0.3 is 0 Å². The molecule has 2 rings (SSSR count). The van der Waals surface area contributed by atoms with Gasteiger partial charge >= 0.3 is 0 Å². The van der Waals surface area contributed by atoms with E-state index >= 15 is 0 Å². The maximum atomic E-state index is 11.7. The highest BCUT2D eigenvalue weighted by Crippen LogP contribution is 2.13. The Morgan fingerprint density at radius 2 is 2.24 bits per heavy atom. The van der Waals surface area contributed by atoms with Crippen LogP contribution < -0.4 is 5.56 Å². The van der Waals surface area contributed by atoms with Gasteiger partial charge in [-0.25, -0.2) is 9.97 Å². The monoisotopic (exact) mass is 269 g/mol. The van der Waals surface area contributed by atoms with Crippen molar-refractivity contribution in [3.05, 3.63) is 43.5 Å². The molecule has 4 nitrogen and oxygen atoms in total. The lowest BCUT2D eigenvalue weighted by Crippen LogP contribution is -2.23. The Labute approximate surface area is 108 Å². The van der Waals surface area contributed by atoms with E-state index in [0.717, 1.165) is 12.1 Å². The van der Waals surface area contributed by atoms with Crippen molar-refractivity contribution >= 4 is 22.9 Å². The largest absolute Gasteiger partial charge is 0.296 e. The second-order valence-corrected chi connectivity index (χ2v) is 5.05. The average Bonchev–Trinajstić information content (AvgIpc) is 2.62. The summed E-state index contributed by atoms with van der Waals surface area (Å²) in [7, 11) is 0. The lowest BCUT2D eigenvalue weighted by Gasteiger charge is -2.08. The van der Waals surface area contributed by atoms with Crippen LogP contribution in [0.25, 0.3) is 0 Å². The summed E-state index contributed by atoms with van der Waals surface area (Å²) >= 11 is 7.33. The van der Waals surface area contributed by atoms with E-state index in [9.17, 15) is 4.79 Å². The van der Waals surface area contributed by atoms with Crippen LogP contribution in [0.2, 0.25) is 5.15 Å². The van der Waals surface area contributed by atoms with Gasteiger partial charge in [-0.05, 0) is 13.8 Å². The van der Waals surface area contributed by atoms with Gasteiger partial charge in [0.15, 0.2) is 0 Å². The molecule has 90 valence electrons. The Kier molecular flexibility index (Phi) is 3.59. The number of aromatic nitrogens is 3. The fourth-order valence-electron chi connectivity index (χ4n) is 1.64. The van der Waals surface area contributed by atoms with Crippen LogP contribution in [0.1, 0.15) is 16.4 Å². The van der Waals surface area contributed by atoms with E-state index in [-0.39, 0.29) is 10.7 Å². The second kappa shape index (κ2) is 4.98. The Bertz CT molecular complexity index is 591. The maximum absolute atomic E-state index is 11.7. The Balaban J connectivity index is 2.20. The number of aryl methyl sites for hydroxylation is 3. The maximum Gasteiger partial charge on any atom is 0.254 e. The molecule has 0 bridgehead atoms. The van der Waals surface area contributed by atoms with Crippen molar-refractivity contribution in [3.8, 4) is 0 Å². The zero-order valence-electron chi connectivity index (χ0n) is 9.61. The highest BCUT2D eigenvalue weighted by Gasteiger charge is 2.06. The van der Waals surface area contributed by atoms with Gasteiger partial charge in [0.2, 0.25) is 0 Å². The van der Waals surface area contributed by atoms with E-state index in [2.05, 4.69) is 9.97 Å². The molecule has 0 fully saturated rings. The first kappa shape index (κ1) is 12.3. The number of thiazole rings is 1. The van der Waals surface area contributed by atoms with E-state index in [1.54, 1.807) is 22.8 Å². The molecule has 0 radical (unpaired) electrons. The van der Waals surface area contributed by atoms with E-state index < -0.39 is 0 Å². The van der Waals surface area contributed by atoms with Crippen LogP contribution in [0.3, 0.4) is 0 Å². The smallest absolute Gasteiger partial charge is 0.254 e. The first-order valence-corrected chi connectivity index (χ1v) is 6.46. The number of nitrogens with zero attached hydrogens (tertiary/aromatic N) is 3. The molecule has 0 saturated carbocycles. The summed E-state index contributed by atoms with van der Waals surface area (Å²) in [6.07, 6.45) is 0.792. The molecule has 0 N–H and O–H groups in total. The molecule has 17 heavy (non-hydrogen) atoms.